The molecule has 2 heterocycles. The molecular weight excluding hydrogens is 470 g/mol. The number of para-hydroxylation sites is 2. The Balaban J connectivity index is 1.66. The van der Waals surface area contributed by atoms with E-state index in [1.54, 1.807) is 13.3 Å². The van der Waals surface area contributed by atoms with E-state index in [1.807, 2.05) is 63.6 Å². The molecule has 0 atom stereocenters. The molecule has 1 aliphatic heterocycles. The van der Waals surface area contributed by atoms with Crippen LogP contribution in [0.4, 0.5) is 34.5 Å². The summed E-state index contributed by atoms with van der Waals surface area (Å²) < 4.78 is 11.5. The Hall–Kier alpha value is -4.31. The van der Waals surface area contributed by atoms with Crippen molar-refractivity contribution in [3.63, 3.8) is 0 Å². The van der Waals surface area contributed by atoms with Crippen molar-refractivity contribution in [1.82, 2.24) is 14.9 Å². The number of nitrogens with one attached hydrogen (secondary N) is 2. The van der Waals surface area contributed by atoms with Crippen molar-refractivity contribution in [2.75, 3.05) is 74.9 Å². The van der Waals surface area contributed by atoms with E-state index >= 15 is 0 Å². The summed E-state index contributed by atoms with van der Waals surface area (Å²) in [4.78, 5) is 27.7. The Bertz CT molecular complexity index is 1260. The summed E-state index contributed by atoms with van der Waals surface area (Å²) in [6.45, 7) is 6.41. The van der Waals surface area contributed by atoms with Crippen molar-refractivity contribution in [2.24, 2.45) is 0 Å². The van der Waals surface area contributed by atoms with Crippen LogP contribution in [0.2, 0.25) is 0 Å². The minimum atomic E-state index is -0.303. The van der Waals surface area contributed by atoms with Crippen LogP contribution >= 0.6 is 0 Å². The topological polar surface area (TPSA) is 95.1 Å². The highest BCUT2D eigenvalue weighted by atomic mass is 16.5. The molecule has 1 amide bonds. The molecule has 0 radical (unpaired) electrons. The molecule has 0 spiro atoms. The number of carbonyl (C=O) groups excluding carboxylic acids is 1. The first-order valence-corrected chi connectivity index (χ1v) is 12.0. The minimum absolute atomic E-state index is 0.303. The van der Waals surface area contributed by atoms with Crippen molar-refractivity contribution < 1.29 is 14.3 Å². The van der Waals surface area contributed by atoms with Crippen LogP contribution in [-0.4, -0.2) is 75.3 Å². The van der Waals surface area contributed by atoms with Crippen LogP contribution in [0.25, 0.3) is 0 Å². The average Bonchev–Trinajstić information content (AvgIpc) is 2.91. The van der Waals surface area contributed by atoms with E-state index in [9.17, 15) is 4.79 Å². The lowest BCUT2D eigenvalue weighted by molar-refractivity contribution is -0.111. The lowest BCUT2D eigenvalue weighted by atomic mass is 10.2. The largest absolute Gasteiger partial charge is 0.494 e. The number of rotatable bonds is 10. The van der Waals surface area contributed by atoms with Gasteiger partial charge in [-0.25, -0.2) is 4.98 Å². The zero-order valence-corrected chi connectivity index (χ0v) is 21.7. The molecule has 0 saturated carbocycles. The van der Waals surface area contributed by atoms with Gasteiger partial charge in [-0.15, -0.1) is 0 Å². The van der Waals surface area contributed by atoms with E-state index in [1.165, 1.54) is 6.08 Å². The monoisotopic (exact) mass is 503 g/mol. The smallest absolute Gasteiger partial charge is 0.247 e. The maximum absolute atomic E-state index is 12.2. The van der Waals surface area contributed by atoms with Gasteiger partial charge in [0.05, 0.1) is 36.4 Å². The first-order chi connectivity index (χ1) is 17.9. The molecular formula is C27H33N7O3. The van der Waals surface area contributed by atoms with Crippen molar-refractivity contribution >= 4 is 40.4 Å². The first-order valence-electron chi connectivity index (χ1n) is 12.0. The molecule has 4 rings (SSSR count). The number of fused-ring (bicyclic) bond motifs is 1. The standard InChI is InChI=1S/C27H33N7O3/c1-6-26(35)29-19-17-20(24(36-5)18-22(19)33(4)14-13-32(2)3)30-27-28-12-11-25(31-27)34-15-16-37-23-10-8-7-9-21(23)34/h6-12,17-18H,1,13-16H2,2-5H3,(H,29,35)(H,28,30,31). The lowest BCUT2D eigenvalue weighted by Crippen LogP contribution is -2.29. The molecule has 1 aromatic heterocycles. The number of anilines is 6. The number of methoxy groups -OCH3 is 1. The third-order valence-electron chi connectivity index (χ3n) is 5.95. The summed E-state index contributed by atoms with van der Waals surface area (Å²) in [5.41, 5.74) is 3.01. The second-order valence-corrected chi connectivity index (χ2v) is 8.82. The van der Waals surface area contributed by atoms with Gasteiger partial charge in [-0.05, 0) is 44.4 Å². The van der Waals surface area contributed by atoms with E-state index in [0.717, 1.165) is 36.0 Å². The van der Waals surface area contributed by atoms with Crippen molar-refractivity contribution in [1.29, 1.82) is 0 Å². The highest BCUT2D eigenvalue weighted by Gasteiger charge is 2.21. The Kier molecular flexibility index (Phi) is 8.09. The van der Waals surface area contributed by atoms with Gasteiger partial charge in [0.25, 0.3) is 0 Å². The molecule has 2 aromatic carbocycles. The van der Waals surface area contributed by atoms with Gasteiger partial charge < -0.3 is 34.8 Å². The van der Waals surface area contributed by atoms with Gasteiger partial charge in [-0.2, -0.15) is 4.98 Å². The van der Waals surface area contributed by atoms with Crippen molar-refractivity contribution in [3.05, 3.63) is 61.3 Å². The van der Waals surface area contributed by atoms with Gasteiger partial charge in [0.15, 0.2) is 0 Å². The van der Waals surface area contributed by atoms with Crippen LogP contribution in [0.1, 0.15) is 0 Å². The molecule has 2 N–H and O–H groups in total. The number of hydrogen-bond donors (Lipinski definition) is 2. The molecule has 10 heteroatoms. The highest BCUT2D eigenvalue weighted by Crippen LogP contribution is 2.39. The Morgan fingerprint density at radius 2 is 2.00 bits per heavy atom. The van der Waals surface area contributed by atoms with Crippen LogP contribution in [0.3, 0.4) is 0 Å². The van der Waals surface area contributed by atoms with Gasteiger partial charge in [-0.1, -0.05) is 18.7 Å². The van der Waals surface area contributed by atoms with Crippen LogP contribution in [0, 0.1) is 0 Å². The lowest BCUT2D eigenvalue weighted by Gasteiger charge is -2.30. The van der Waals surface area contributed by atoms with Gasteiger partial charge in [0, 0.05) is 32.4 Å². The van der Waals surface area contributed by atoms with Crippen LogP contribution < -0.4 is 29.9 Å². The predicted molar refractivity (Wildman–Crippen MR) is 148 cm³/mol. The number of amides is 1. The fraction of sp³-hybridized carbons (Fsp3) is 0.296. The number of nitrogens with zero attached hydrogens (tertiary/aromatic N) is 5. The third-order valence-corrected chi connectivity index (χ3v) is 5.95. The molecule has 0 bridgehead atoms. The molecule has 3 aromatic rings. The van der Waals surface area contributed by atoms with E-state index in [0.29, 0.717) is 36.2 Å². The summed E-state index contributed by atoms with van der Waals surface area (Å²) >= 11 is 0. The van der Waals surface area contributed by atoms with E-state index in [4.69, 9.17) is 14.5 Å². The van der Waals surface area contributed by atoms with Crippen LogP contribution in [0.5, 0.6) is 11.5 Å². The number of hydrogen-bond acceptors (Lipinski definition) is 9. The second kappa shape index (κ2) is 11.6. The normalized spacial score (nSPS) is 12.4. The summed E-state index contributed by atoms with van der Waals surface area (Å²) in [5.74, 6) is 2.25. The van der Waals surface area contributed by atoms with E-state index in [-0.39, 0.29) is 5.91 Å². The molecule has 0 aliphatic carbocycles. The first kappa shape index (κ1) is 25.8. The Labute approximate surface area is 217 Å². The summed E-state index contributed by atoms with van der Waals surface area (Å²) in [6.07, 6.45) is 2.95. The average molecular weight is 504 g/mol. The summed E-state index contributed by atoms with van der Waals surface area (Å²) in [7, 11) is 7.62. The zero-order chi connectivity index (χ0) is 26.4. The Morgan fingerprint density at radius 1 is 1.19 bits per heavy atom. The van der Waals surface area contributed by atoms with Gasteiger partial charge in [-0.3, -0.25) is 4.79 Å². The third kappa shape index (κ3) is 6.10. The van der Waals surface area contributed by atoms with Crippen LogP contribution in [-0.2, 0) is 4.79 Å². The highest BCUT2D eigenvalue weighted by molar-refractivity contribution is 6.02. The second-order valence-electron chi connectivity index (χ2n) is 8.82. The number of benzene rings is 2. The molecule has 37 heavy (non-hydrogen) atoms. The van der Waals surface area contributed by atoms with E-state index in [2.05, 4.69) is 36.9 Å². The molecule has 0 saturated heterocycles. The number of ether oxygens (including phenoxy) is 2. The Morgan fingerprint density at radius 3 is 2.76 bits per heavy atom. The summed E-state index contributed by atoms with van der Waals surface area (Å²) in [5, 5.41) is 6.18. The molecule has 194 valence electrons. The number of carbonyl (C=O) groups is 1. The summed E-state index contributed by atoms with van der Waals surface area (Å²) in [6, 6.07) is 13.5. The van der Waals surface area contributed by atoms with Crippen molar-refractivity contribution in [3.8, 4) is 11.5 Å². The maximum atomic E-state index is 12.2. The van der Waals surface area contributed by atoms with Gasteiger partial charge >= 0.3 is 0 Å². The molecule has 10 nitrogen and oxygen atoms in total. The quantitative estimate of drug-likeness (QED) is 0.400. The van der Waals surface area contributed by atoms with Gasteiger partial charge in [0.2, 0.25) is 11.9 Å². The molecule has 0 fully saturated rings. The fourth-order valence-electron chi connectivity index (χ4n) is 3.99. The molecule has 0 unspecified atom stereocenters. The van der Waals surface area contributed by atoms with E-state index < -0.39 is 0 Å². The molecule has 1 aliphatic rings. The zero-order valence-electron chi connectivity index (χ0n) is 21.7. The van der Waals surface area contributed by atoms with Gasteiger partial charge in [0.1, 0.15) is 23.9 Å². The minimum Gasteiger partial charge on any atom is -0.494 e. The maximum Gasteiger partial charge on any atom is 0.247 e. The van der Waals surface area contributed by atoms with Crippen LogP contribution in [0.15, 0.2) is 61.3 Å². The SMILES string of the molecule is C=CC(=O)Nc1cc(Nc2nccc(N3CCOc4ccccc43)n2)c(OC)cc1N(C)CCN(C)C. The number of aromatic nitrogens is 2. The van der Waals surface area contributed by atoms with Crippen molar-refractivity contribution in [2.45, 2.75) is 0 Å². The fourth-order valence-corrected chi connectivity index (χ4v) is 3.99. The predicted octanol–water partition coefficient (Wildman–Crippen LogP) is 3.88. The number of likely N-dealkylation sites (N-methyl/N-ethyl adjacent to an activating group) is 2.